The Labute approximate surface area is 139 Å². The molecule has 1 aliphatic rings. The second kappa shape index (κ2) is 7.35. The molecule has 0 bridgehead atoms. The smallest absolute Gasteiger partial charge is 0.0595 e. The van der Waals surface area contributed by atoms with Crippen LogP contribution in [0, 0.1) is 5.92 Å². The first-order chi connectivity index (χ1) is 9.87. The molecule has 3 heteroatoms. The van der Waals surface area contributed by atoms with E-state index in [1.165, 1.54) is 37.7 Å². The van der Waals surface area contributed by atoms with E-state index in [2.05, 4.69) is 38.2 Å². The second-order valence-corrected chi connectivity index (χ2v) is 8.12. The summed E-state index contributed by atoms with van der Waals surface area (Å²) in [7, 11) is 0. The van der Waals surface area contributed by atoms with Crippen LogP contribution in [-0.2, 0) is 0 Å². The zero-order valence-electron chi connectivity index (χ0n) is 13.4. The minimum absolute atomic E-state index is 0.142. The van der Waals surface area contributed by atoms with Crippen molar-refractivity contribution in [3.8, 4) is 0 Å². The van der Waals surface area contributed by atoms with Gasteiger partial charge in [0.25, 0.3) is 0 Å². The van der Waals surface area contributed by atoms with Gasteiger partial charge >= 0.3 is 0 Å². The topological polar surface area (TPSA) is 12.0 Å². The van der Waals surface area contributed by atoms with Crippen LogP contribution in [0.4, 0.5) is 0 Å². The van der Waals surface area contributed by atoms with E-state index in [-0.39, 0.29) is 5.54 Å². The van der Waals surface area contributed by atoms with Crippen molar-refractivity contribution in [1.82, 2.24) is 5.32 Å². The fourth-order valence-electron chi connectivity index (χ4n) is 3.25. The van der Waals surface area contributed by atoms with Crippen LogP contribution in [0.25, 0.3) is 0 Å². The first-order valence-electron chi connectivity index (χ1n) is 8.07. The maximum atomic E-state index is 6.23. The summed E-state index contributed by atoms with van der Waals surface area (Å²) < 4.78 is 0. The van der Waals surface area contributed by atoms with Crippen molar-refractivity contribution in [1.29, 1.82) is 0 Å². The van der Waals surface area contributed by atoms with Crippen LogP contribution < -0.4 is 5.32 Å². The summed E-state index contributed by atoms with van der Waals surface area (Å²) in [4.78, 5) is 0. The maximum Gasteiger partial charge on any atom is 0.0595 e. The van der Waals surface area contributed by atoms with Gasteiger partial charge in [0.05, 0.1) is 10.0 Å². The van der Waals surface area contributed by atoms with Crippen molar-refractivity contribution < 1.29 is 0 Å². The maximum absolute atomic E-state index is 6.23. The Balaban J connectivity index is 2.18. The summed E-state index contributed by atoms with van der Waals surface area (Å²) in [6.45, 7) is 7.67. The van der Waals surface area contributed by atoms with E-state index in [1.54, 1.807) is 0 Å². The van der Waals surface area contributed by atoms with Gasteiger partial charge < -0.3 is 5.32 Å². The van der Waals surface area contributed by atoms with Gasteiger partial charge in [-0.1, -0.05) is 48.5 Å². The average molecular weight is 328 g/mol. The van der Waals surface area contributed by atoms with E-state index in [4.69, 9.17) is 23.2 Å². The molecule has 1 fully saturated rings. The fourth-order valence-corrected chi connectivity index (χ4v) is 3.56. The van der Waals surface area contributed by atoms with E-state index in [0.29, 0.717) is 16.0 Å². The zero-order valence-corrected chi connectivity index (χ0v) is 14.9. The van der Waals surface area contributed by atoms with Crippen LogP contribution in [0.5, 0.6) is 0 Å². The molecule has 0 heterocycles. The minimum Gasteiger partial charge on any atom is -0.311 e. The normalized spacial score (nSPS) is 18.7. The van der Waals surface area contributed by atoms with Gasteiger partial charge in [0.15, 0.2) is 0 Å². The van der Waals surface area contributed by atoms with Gasteiger partial charge in [-0.05, 0) is 63.1 Å². The van der Waals surface area contributed by atoms with E-state index in [0.717, 1.165) is 12.5 Å². The molecule has 21 heavy (non-hydrogen) atoms. The van der Waals surface area contributed by atoms with Gasteiger partial charge in [0, 0.05) is 12.1 Å². The van der Waals surface area contributed by atoms with Gasteiger partial charge in [-0.3, -0.25) is 0 Å². The molecule has 0 amide bonds. The van der Waals surface area contributed by atoms with Gasteiger partial charge in [-0.2, -0.15) is 0 Å². The third kappa shape index (κ3) is 5.16. The van der Waals surface area contributed by atoms with Crippen LogP contribution in [0.1, 0.15) is 64.4 Å². The van der Waals surface area contributed by atoms with Gasteiger partial charge in [-0.25, -0.2) is 0 Å². The molecule has 118 valence electrons. The van der Waals surface area contributed by atoms with Gasteiger partial charge in [0.1, 0.15) is 0 Å². The Bertz CT molecular complexity index is 459. The summed E-state index contributed by atoms with van der Waals surface area (Å²) in [5, 5.41) is 4.99. The Morgan fingerprint density at radius 2 is 1.76 bits per heavy atom. The molecule has 1 nitrogen and oxygen atoms in total. The Morgan fingerprint density at radius 3 is 2.33 bits per heavy atom. The number of rotatable bonds is 4. The van der Waals surface area contributed by atoms with Crippen molar-refractivity contribution in [2.24, 2.45) is 5.92 Å². The molecule has 1 aromatic carbocycles. The molecule has 0 saturated heterocycles. The van der Waals surface area contributed by atoms with Gasteiger partial charge in [-0.15, -0.1) is 0 Å². The van der Waals surface area contributed by atoms with Crippen molar-refractivity contribution in [3.63, 3.8) is 0 Å². The molecule has 2 rings (SSSR count). The highest BCUT2D eigenvalue weighted by molar-refractivity contribution is 6.42. The summed E-state index contributed by atoms with van der Waals surface area (Å²) in [5.74, 6) is 1.28. The number of halogens is 2. The van der Waals surface area contributed by atoms with Crippen molar-refractivity contribution in [2.75, 3.05) is 6.54 Å². The van der Waals surface area contributed by atoms with Crippen LogP contribution >= 0.6 is 23.2 Å². The quantitative estimate of drug-likeness (QED) is 0.710. The summed E-state index contributed by atoms with van der Waals surface area (Å²) >= 11 is 12.3. The molecule has 1 aromatic rings. The SMILES string of the molecule is CC(C)(C)NCC(c1ccc(Cl)c(Cl)c1)C1CCCCC1. The molecule has 1 N–H and O–H groups in total. The predicted molar refractivity (Wildman–Crippen MR) is 93.5 cm³/mol. The highest BCUT2D eigenvalue weighted by Gasteiger charge is 2.26. The molecule has 0 spiro atoms. The van der Waals surface area contributed by atoms with Crippen molar-refractivity contribution in [2.45, 2.75) is 64.3 Å². The molecule has 1 saturated carbocycles. The molecule has 0 aromatic heterocycles. The van der Waals surface area contributed by atoms with E-state index < -0.39 is 0 Å². The molecule has 1 aliphatic carbocycles. The standard InChI is InChI=1S/C18H27Cl2N/c1-18(2,3)21-12-15(13-7-5-4-6-8-13)14-9-10-16(19)17(20)11-14/h9-11,13,15,21H,4-8,12H2,1-3H3. The number of hydrogen-bond donors (Lipinski definition) is 1. The van der Waals surface area contributed by atoms with Crippen molar-refractivity contribution >= 4 is 23.2 Å². The highest BCUT2D eigenvalue weighted by atomic mass is 35.5. The minimum atomic E-state index is 0.142. The molecule has 1 atom stereocenters. The van der Waals surface area contributed by atoms with E-state index in [9.17, 15) is 0 Å². The Morgan fingerprint density at radius 1 is 1.10 bits per heavy atom. The Kier molecular flexibility index (Phi) is 5.99. The molecule has 0 radical (unpaired) electrons. The number of hydrogen-bond acceptors (Lipinski definition) is 1. The summed E-state index contributed by atoms with van der Waals surface area (Å²) in [6, 6.07) is 6.15. The fraction of sp³-hybridized carbons (Fsp3) is 0.667. The third-order valence-corrected chi connectivity index (χ3v) is 5.18. The van der Waals surface area contributed by atoms with E-state index in [1.807, 2.05) is 6.07 Å². The molecule has 0 aliphatic heterocycles. The van der Waals surface area contributed by atoms with Crippen LogP contribution in [-0.4, -0.2) is 12.1 Å². The zero-order chi connectivity index (χ0) is 15.5. The monoisotopic (exact) mass is 327 g/mol. The largest absolute Gasteiger partial charge is 0.311 e. The lowest BCUT2D eigenvalue weighted by Gasteiger charge is -2.33. The lowest BCUT2D eigenvalue weighted by atomic mass is 9.76. The van der Waals surface area contributed by atoms with Crippen LogP contribution in [0.15, 0.2) is 18.2 Å². The lowest BCUT2D eigenvalue weighted by Crippen LogP contribution is -2.40. The number of nitrogens with one attached hydrogen (secondary N) is 1. The van der Waals surface area contributed by atoms with Crippen LogP contribution in [0.2, 0.25) is 10.0 Å². The van der Waals surface area contributed by atoms with Crippen LogP contribution in [0.3, 0.4) is 0 Å². The van der Waals surface area contributed by atoms with Crippen molar-refractivity contribution in [3.05, 3.63) is 33.8 Å². The molecule has 1 unspecified atom stereocenters. The Hall–Kier alpha value is -0.240. The lowest BCUT2D eigenvalue weighted by molar-refractivity contribution is 0.280. The highest BCUT2D eigenvalue weighted by Crippen LogP contribution is 2.37. The first-order valence-corrected chi connectivity index (χ1v) is 8.82. The predicted octanol–water partition coefficient (Wildman–Crippen LogP) is 6.05. The van der Waals surface area contributed by atoms with Gasteiger partial charge in [0.2, 0.25) is 0 Å². The van der Waals surface area contributed by atoms with E-state index >= 15 is 0 Å². The summed E-state index contributed by atoms with van der Waals surface area (Å²) in [5.41, 5.74) is 1.47. The average Bonchev–Trinajstić information content (AvgIpc) is 2.43. The molecular weight excluding hydrogens is 301 g/mol. The third-order valence-electron chi connectivity index (χ3n) is 4.44. The molecular formula is C18H27Cl2N. The summed E-state index contributed by atoms with van der Waals surface area (Å²) in [6.07, 6.45) is 6.76. The number of benzene rings is 1. The second-order valence-electron chi connectivity index (χ2n) is 7.31. The first kappa shape index (κ1) is 17.1.